The molecule has 0 saturated carbocycles. The minimum absolute atomic E-state index is 0.208. The molecular weight excluding hydrogens is 337 g/mol. The minimum atomic E-state index is -1.63. The molecule has 1 N–H and O–H groups in total. The number of rotatable bonds is 4. The average molecular weight is 366 g/mol. The zero-order valence-electron chi connectivity index (χ0n) is 16.1. The van der Waals surface area contributed by atoms with Crippen LogP contribution < -0.4 is 10.7 Å². The molecule has 0 aliphatic heterocycles. The van der Waals surface area contributed by atoms with Crippen LogP contribution in [0.1, 0.15) is 33.3 Å². The molecule has 1 unspecified atom stereocenters. The lowest BCUT2D eigenvalue weighted by Crippen LogP contribution is -2.38. The second-order valence-corrected chi connectivity index (χ2v) is 13.6. The summed E-state index contributed by atoms with van der Waals surface area (Å²) in [5.41, 5.74) is 0.906. The maximum Gasteiger partial charge on any atom is 0.407 e. The molecule has 0 saturated heterocycles. The molecule has 0 aliphatic rings. The van der Waals surface area contributed by atoms with E-state index >= 15 is 0 Å². The van der Waals surface area contributed by atoms with Crippen molar-refractivity contribution in [2.75, 3.05) is 0 Å². The van der Waals surface area contributed by atoms with Gasteiger partial charge in [0, 0.05) is 17.0 Å². The summed E-state index contributed by atoms with van der Waals surface area (Å²) in [6.07, 6.45) is -0.0125. The van der Waals surface area contributed by atoms with E-state index in [2.05, 4.69) is 25.0 Å². The maximum absolute atomic E-state index is 14.0. The van der Waals surface area contributed by atoms with E-state index in [0.717, 1.165) is 16.3 Å². The van der Waals surface area contributed by atoms with Crippen molar-refractivity contribution in [3.63, 3.8) is 0 Å². The van der Waals surface area contributed by atoms with Gasteiger partial charge in [0.15, 0.2) is 0 Å². The third-order valence-corrected chi connectivity index (χ3v) is 5.41. The first-order valence-corrected chi connectivity index (χ1v) is 12.1. The van der Waals surface area contributed by atoms with Crippen LogP contribution in [0.15, 0.2) is 22.6 Å². The zero-order valence-corrected chi connectivity index (χ0v) is 17.1. The molecule has 2 aromatic rings. The molecule has 0 radical (unpaired) electrons. The number of hydrogen-bond donors (Lipinski definition) is 1. The van der Waals surface area contributed by atoms with E-state index in [1.54, 1.807) is 0 Å². The molecule has 1 heterocycles. The molecule has 1 atom stereocenters. The summed E-state index contributed by atoms with van der Waals surface area (Å²) in [6.45, 7) is 13.9. The summed E-state index contributed by atoms with van der Waals surface area (Å²) in [6, 6.07) is 4.71. The number of furan rings is 1. The lowest BCUT2D eigenvalue weighted by molar-refractivity contribution is 0.0508. The number of amides is 1. The molecule has 6 heteroatoms. The summed E-state index contributed by atoms with van der Waals surface area (Å²) in [5.74, 6) is -0.296. The van der Waals surface area contributed by atoms with Crippen molar-refractivity contribution >= 4 is 30.5 Å². The molecule has 138 valence electrons. The van der Waals surface area contributed by atoms with Crippen molar-refractivity contribution in [3.8, 4) is 0 Å². The van der Waals surface area contributed by atoms with Gasteiger partial charge in [-0.3, -0.25) is 0 Å². The van der Waals surface area contributed by atoms with Crippen LogP contribution in [0.3, 0.4) is 0 Å². The van der Waals surface area contributed by atoms with Crippen molar-refractivity contribution in [1.29, 1.82) is 0 Å². The third-order valence-electron chi connectivity index (χ3n) is 3.69. The highest BCUT2D eigenvalue weighted by molar-refractivity contribution is 6.87. The number of fused-ring (bicyclic) bond motifs is 1. The molecule has 0 bridgehead atoms. The van der Waals surface area contributed by atoms with E-state index in [4.69, 9.17) is 9.15 Å². The Morgan fingerprint density at radius 1 is 1.28 bits per heavy atom. The van der Waals surface area contributed by atoms with Crippen molar-refractivity contribution in [2.45, 2.75) is 65.4 Å². The van der Waals surface area contributed by atoms with Crippen LogP contribution in [0.5, 0.6) is 0 Å². The fourth-order valence-electron chi connectivity index (χ4n) is 2.60. The van der Waals surface area contributed by atoms with Gasteiger partial charge in [-0.1, -0.05) is 19.6 Å². The quantitative estimate of drug-likeness (QED) is 0.807. The second-order valence-electron chi connectivity index (χ2n) is 8.60. The first-order chi connectivity index (χ1) is 11.3. The van der Waals surface area contributed by atoms with Crippen molar-refractivity contribution < 1.29 is 18.3 Å². The molecule has 2 rings (SSSR count). The summed E-state index contributed by atoms with van der Waals surface area (Å²) < 4.78 is 25.3. The Labute approximate surface area is 149 Å². The van der Waals surface area contributed by atoms with Gasteiger partial charge in [0.05, 0.1) is 5.38 Å². The summed E-state index contributed by atoms with van der Waals surface area (Å²) in [5, 5.41) is 4.51. The Morgan fingerprint density at radius 2 is 1.92 bits per heavy atom. The number of carbonyl (C=O) groups excluding carboxylic acids is 1. The Hall–Kier alpha value is -1.82. The van der Waals surface area contributed by atoms with E-state index in [9.17, 15) is 9.18 Å². The number of ether oxygens (including phenoxy) is 1. The van der Waals surface area contributed by atoms with Gasteiger partial charge in [-0.25, -0.2) is 9.18 Å². The van der Waals surface area contributed by atoms with Gasteiger partial charge in [-0.15, -0.1) is 0 Å². The van der Waals surface area contributed by atoms with Crippen molar-refractivity contribution in [1.82, 2.24) is 5.32 Å². The second kappa shape index (κ2) is 6.82. The first kappa shape index (κ1) is 19.5. The minimum Gasteiger partial charge on any atom is -0.466 e. The van der Waals surface area contributed by atoms with Crippen LogP contribution >= 0.6 is 0 Å². The van der Waals surface area contributed by atoms with E-state index in [1.165, 1.54) is 12.1 Å². The number of benzene rings is 1. The van der Waals surface area contributed by atoms with E-state index in [1.807, 2.05) is 33.8 Å². The molecule has 1 amide bonds. The van der Waals surface area contributed by atoms with Gasteiger partial charge in [0.25, 0.3) is 0 Å². The molecule has 25 heavy (non-hydrogen) atoms. The molecule has 1 aromatic heterocycles. The predicted octanol–water partition coefficient (Wildman–Crippen LogP) is 4.57. The van der Waals surface area contributed by atoms with Crippen LogP contribution in [0.2, 0.25) is 19.6 Å². The molecule has 0 fully saturated rings. The van der Waals surface area contributed by atoms with Crippen LogP contribution in [0.25, 0.3) is 11.0 Å². The van der Waals surface area contributed by atoms with Crippen molar-refractivity contribution in [3.05, 3.63) is 29.6 Å². The number of alkyl carbamates (subject to hydrolysis) is 1. The third kappa shape index (κ3) is 5.32. The summed E-state index contributed by atoms with van der Waals surface area (Å²) in [7, 11) is -1.63. The topological polar surface area (TPSA) is 51.5 Å². The van der Waals surface area contributed by atoms with Crippen LogP contribution in [0.4, 0.5) is 9.18 Å². The highest BCUT2D eigenvalue weighted by Crippen LogP contribution is 2.24. The van der Waals surface area contributed by atoms with Crippen molar-refractivity contribution in [2.24, 2.45) is 0 Å². The first-order valence-electron chi connectivity index (χ1n) is 8.57. The van der Waals surface area contributed by atoms with E-state index in [0.29, 0.717) is 12.0 Å². The lowest BCUT2D eigenvalue weighted by atomic mass is 10.0. The average Bonchev–Trinajstić information content (AvgIpc) is 2.79. The van der Waals surface area contributed by atoms with Gasteiger partial charge in [0.2, 0.25) is 0 Å². The number of halogens is 1. The van der Waals surface area contributed by atoms with Crippen LogP contribution in [-0.4, -0.2) is 25.8 Å². The maximum atomic E-state index is 14.0. The lowest BCUT2D eigenvalue weighted by Gasteiger charge is -2.22. The van der Waals surface area contributed by atoms with Crippen LogP contribution in [0, 0.1) is 5.82 Å². The van der Waals surface area contributed by atoms with Gasteiger partial charge in [-0.05, 0) is 52.3 Å². The zero-order chi connectivity index (χ0) is 19.0. The SMILES string of the molecule is CC(Cc1cc(F)cc2cc([Si](C)(C)C)oc12)NC(=O)OC(C)(C)C. The highest BCUT2D eigenvalue weighted by atomic mass is 28.3. The Bertz CT molecular complexity index is 771. The Morgan fingerprint density at radius 3 is 2.48 bits per heavy atom. The fraction of sp³-hybridized carbons (Fsp3) is 0.526. The van der Waals surface area contributed by atoms with E-state index < -0.39 is 19.8 Å². The highest BCUT2D eigenvalue weighted by Gasteiger charge is 2.24. The molecule has 4 nitrogen and oxygen atoms in total. The normalized spacial score (nSPS) is 13.8. The van der Waals surface area contributed by atoms with Gasteiger partial charge in [0.1, 0.15) is 25.1 Å². The molecule has 0 aliphatic carbocycles. The Balaban J connectivity index is 2.22. The molecular formula is C19H28FNO3Si. The Kier molecular flexibility index (Phi) is 5.32. The van der Waals surface area contributed by atoms with Gasteiger partial charge in [-0.2, -0.15) is 0 Å². The summed E-state index contributed by atoms with van der Waals surface area (Å²) >= 11 is 0. The largest absolute Gasteiger partial charge is 0.466 e. The summed E-state index contributed by atoms with van der Waals surface area (Å²) in [4.78, 5) is 11.9. The number of nitrogens with one attached hydrogen (secondary N) is 1. The smallest absolute Gasteiger partial charge is 0.407 e. The van der Waals surface area contributed by atoms with Gasteiger partial charge >= 0.3 is 6.09 Å². The fourth-order valence-corrected chi connectivity index (χ4v) is 3.59. The monoisotopic (exact) mass is 365 g/mol. The van der Waals surface area contributed by atoms with E-state index in [-0.39, 0.29) is 11.9 Å². The predicted molar refractivity (Wildman–Crippen MR) is 102 cm³/mol. The number of hydrogen-bond acceptors (Lipinski definition) is 3. The van der Waals surface area contributed by atoms with Gasteiger partial charge < -0.3 is 14.5 Å². The standard InChI is InChI=1S/C19H28FNO3Si/c1-12(21-18(22)24-19(2,3)4)8-13-9-15(20)10-14-11-16(23-17(13)14)25(5,6)7/h9-12H,8H2,1-7H3,(H,21,22). The molecule has 0 spiro atoms. The molecule has 1 aromatic carbocycles. The van der Waals surface area contributed by atoms with Crippen LogP contribution in [-0.2, 0) is 11.2 Å². The number of carbonyl (C=O) groups is 1.